The molecule has 1 fully saturated rings. The number of nitrogen functional groups attached to an aromatic ring is 1. The van der Waals surface area contributed by atoms with Crippen molar-refractivity contribution in [2.45, 2.75) is 15.6 Å². The van der Waals surface area contributed by atoms with Gasteiger partial charge in [-0.3, -0.25) is 19.3 Å². The van der Waals surface area contributed by atoms with Gasteiger partial charge in [0.25, 0.3) is 11.8 Å². The first kappa shape index (κ1) is 27.4. The molecule has 6 rings (SSSR count). The summed E-state index contributed by atoms with van der Waals surface area (Å²) in [5.41, 5.74) is 5.93. The van der Waals surface area contributed by atoms with E-state index in [4.69, 9.17) is 20.0 Å². The number of carbonyl (C=O) groups is 3. The average Bonchev–Trinajstić information content (AvgIpc) is 3.60. The minimum absolute atomic E-state index is 0.0967. The maximum atomic E-state index is 13.1. The molecule has 41 heavy (non-hydrogen) atoms. The summed E-state index contributed by atoms with van der Waals surface area (Å²) in [7, 11) is 1.27. The lowest BCUT2D eigenvalue weighted by Crippen LogP contribution is -2.71. The monoisotopic (exact) mass is 633 g/mol. The molecular weight excluding hydrogens is 615 g/mol. The van der Waals surface area contributed by atoms with Gasteiger partial charge in [-0.15, -0.1) is 46.2 Å². The topological polar surface area (TPSA) is 183 Å². The number of hydrogen-bond acceptors (Lipinski definition) is 14. The van der Waals surface area contributed by atoms with Gasteiger partial charge in [-0.1, -0.05) is 5.16 Å². The maximum absolute atomic E-state index is 13.1. The molecule has 212 valence electrons. The van der Waals surface area contributed by atoms with Crippen LogP contribution in [0.5, 0.6) is 11.5 Å². The molecule has 0 spiro atoms. The molecule has 2 amide bonds. The number of nitrogens with one attached hydrogen (secondary N) is 1. The van der Waals surface area contributed by atoms with Gasteiger partial charge >= 0.3 is 5.97 Å². The highest BCUT2D eigenvalue weighted by molar-refractivity contribution is 8.02. The molecule has 4 N–H and O–H groups in total. The van der Waals surface area contributed by atoms with Crippen LogP contribution in [-0.4, -0.2) is 75.3 Å². The number of fused-ring (bicyclic) bond motifs is 3. The van der Waals surface area contributed by atoms with E-state index in [2.05, 4.69) is 15.5 Å². The normalized spacial score (nSPS) is 19.7. The number of nitrogens with zero attached hydrogens (tertiary/aromatic N) is 3. The average molecular weight is 634 g/mol. The lowest BCUT2D eigenvalue weighted by Gasteiger charge is -2.49. The number of oxime groups is 1. The highest BCUT2D eigenvalue weighted by Crippen LogP contribution is 2.43. The number of carboxylic acid groups (broad SMARTS) is 1. The van der Waals surface area contributed by atoms with Crippen LogP contribution in [0.2, 0.25) is 0 Å². The number of carboxylic acids is 1. The molecule has 0 saturated carbocycles. The fourth-order valence-corrected chi connectivity index (χ4v) is 8.72. The second-order valence-electron chi connectivity index (χ2n) is 8.73. The number of aliphatic carboxylic acids is 1. The zero-order chi connectivity index (χ0) is 28.8. The molecular formula is C24H19N5O8S4. The molecule has 0 bridgehead atoms. The molecule has 1 saturated heterocycles. The van der Waals surface area contributed by atoms with E-state index in [0.717, 1.165) is 16.0 Å². The Morgan fingerprint density at radius 1 is 1.29 bits per heavy atom. The second kappa shape index (κ2) is 10.9. The van der Waals surface area contributed by atoms with Crippen LogP contribution < -0.4 is 26.0 Å². The Hall–Kier alpha value is -3.80. The van der Waals surface area contributed by atoms with E-state index >= 15 is 0 Å². The second-order valence-corrected chi connectivity index (χ2v) is 13.1. The first-order valence-electron chi connectivity index (χ1n) is 11.8. The van der Waals surface area contributed by atoms with Crippen LogP contribution in [0.4, 0.5) is 5.13 Å². The maximum Gasteiger partial charge on any atom is 0.352 e. The first-order valence-corrected chi connectivity index (χ1v) is 15.5. The predicted molar refractivity (Wildman–Crippen MR) is 155 cm³/mol. The van der Waals surface area contributed by atoms with E-state index in [1.54, 1.807) is 12.1 Å². The number of rotatable bonds is 8. The van der Waals surface area contributed by atoms with E-state index in [9.17, 15) is 24.3 Å². The van der Waals surface area contributed by atoms with Crippen LogP contribution in [0.1, 0.15) is 5.69 Å². The van der Waals surface area contributed by atoms with Crippen molar-refractivity contribution >= 4 is 84.9 Å². The number of benzene rings is 1. The Morgan fingerprint density at radius 3 is 2.78 bits per heavy atom. The summed E-state index contributed by atoms with van der Waals surface area (Å²) in [6.07, 6.45) is 0. The minimum Gasteiger partial charge on any atom is -0.477 e. The van der Waals surface area contributed by atoms with E-state index in [0.29, 0.717) is 32.4 Å². The Balaban J connectivity index is 1.19. The summed E-state index contributed by atoms with van der Waals surface area (Å²) in [5.74, 6) is -0.847. The molecule has 13 nitrogen and oxygen atoms in total. The van der Waals surface area contributed by atoms with Crippen molar-refractivity contribution in [3.8, 4) is 11.5 Å². The molecule has 3 aromatic rings. The number of aromatic nitrogens is 1. The summed E-state index contributed by atoms with van der Waals surface area (Å²) in [4.78, 5) is 61.1. The number of thioether (sulfide) groups is 2. The molecule has 0 unspecified atom stereocenters. The third-order valence-corrected chi connectivity index (χ3v) is 10.7. The number of hydrogen-bond donors (Lipinski definition) is 3. The van der Waals surface area contributed by atoms with Gasteiger partial charge in [0.1, 0.15) is 29.9 Å². The van der Waals surface area contributed by atoms with Crippen molar-refractivity contribution in [1.82, 2.24) is 15.2 Å². The van der Waals surface area contributed by atoms with Gasteiger partial charge in [-0.2, -0.15) is 0 Å². The van der Waals surface area contributed by atoms with Gasteiger partial charge in [0.2, 0.25) is 6.79 Å². The molecule has 17 heteroatoms. The number of amides is 2. The molecule has 3 aliphatic rings. The Kier molecular flexibility index (Phi) is 7.27. The zero-order valence-electron chi connectivity index (χ0n) is 20.9. The molecule has 3 aliphatic heterocycles. The summed E-state index contributed by atoms with van der Waals surface area (Å²) in [6.45, 7) is 0.0967. The van der Waals surface area contributed by atoms with Crippen LogP contribution in [0, 0.1) is 0 Å². The fraction of sp³-hybridized carbons (Fsp3) is 0.250. The molecule has 0 aliphatic carbocycles. The van der Waals surface area contributed by atoms with Gasteiger partial charge in [-0.05, 0) is 11.6 Å². The number of carbonyl (C=O) groups excluding carboxylic acids is 2. The van der Waals surface area contributed by atoms with Crippen molar-refractivity contribution in [3.05, 3.63) is 50.8 Å². The standard InChI is InChI=1S/C24H19N5O8S4/c1-35-28-17(11-7-40-24(25)26-11)20(31)27-18-21(32)29-19(23(33)34)9(6-39-22(18)29)5-38-16-3-12(30)10-2-13-14(37-8-36-13)4-15(10)41-16/h2-4,7,18,22H,5-6,8H2,1H3,(H2,25,26)(H,27,31)(H,33,34)/b28-17-/t18-,22-/m1/s1. The Labute approximate surface area is 247 Å². The van der Waals surface area contributed by atoms with Crippen molar-refractivity contribution in [3.63, 3.8) is 0 Å². The fourth-order valence-electron chi connectivity index (χ4n) is 4.45. The van der Waals surface area contributed by atoms with E-state index in [1.165, 1.54) is 58.3 Å². The number of thiazole rings is 1. The van der Waals surface area contributed by atoms with Gasteiger partial charge in [0, 0.05) is 39.1 Å². The molecule has 2 atom stereocenters. The number of β-lactam (4-membered cyclic amide) rings is 1. The molecule has 2 aromatic heterocycles. The van der Waals surface area contributed by atoms with E-state index < -0.39 is 29.2 Å². The van der Waals surface area contributed by atoms with Gasteiger partial charge < -0.3 is 30.5 Å². The highest BCUT2D eigenvalue weighted by atomic mass is 32.2. The lowest BCUT2D eigenvalue weighted by atomic mass is 10.0. The lowest BCUT2D eigenvalue weighted by molar-refractivity contribution is -0.150. The van der Waals surface area contributed by atoms with Crippen LogP contribution in [-0.2, 0) is 19.2 Å². The van der Waals surface area contributed by atoms with Gasteiger partial charge in [0.15, 0.2) is 27.8 Å². The van der Waals surface area contributed by atoms with Crippen molar-refractivity contribution in [2.24, 2.45) is 5.16 Å². The van der Waals surface area contributed by atoms with E-state index in [1.807, 2.05) is 0 Å². The number of anilines is 1. The summed E-state index contributed by atoms with van der Waals surface area (Å²) in [5, 5.41) is 18.0. The largest absolute Gasteiger partial charge is 0.477 e. The Morgan fingerprint density at radius 2 is 2.07 bits per heavy atom. The van der Waals surface area contributed by atoms with Gasteiger partial charge in [0.05, 0.1) is 4.21 Å². The number of ether oxygens (including phenoxy) is 2. The van der Waals surface area contributed by atoms with Gasteiger partial charge in [-0.25, -0.2) is 9.78 Å². The summed E-state index contributed by atoms with van der Waals surface area (Å²) in [6, 6.07) is 3.97. The summed E-state index contributed by atoms with van der Waals surface area (Å²) >= 11 is 5.16. The molecule has 1 aromatic carbocycles. The van der Waals surface area contributed by atoms with Crippen LogP contribution in [0.15, 0.2) is 49.0 Å². The highest BCUT2D eigenvalue weighted by Gasteiger charge is 2.54. The van der Waals surface area contributed by atoms with Crippen molar-refractivity contribution in [1.29, 1.82) is 0 Å². The third kappa shape index (κ3) is 4.98. The molecule has 0 radical (unpaired) electrons. The SMILES string of the molecule is CO/N=C(\C(=O)N[C@@H]1C(=O)N2C(C(=O)O)=C(CSc3cc(=O)c4cc5c(cc4s3)OCO5)CS[C@H]12)c1csc(N)n1. The van der Waals surface area contributed by atoms with Crippen LogP contribution in [0.25, 0.3) is 10.1 Å². The third-order valence-electron chi connectivity index (χ3n) is 6.29. The zero-order valence-corrected chi connectivity index (χ0v) is 24.2. The Bertz CT molecular complexity index is 1730. The smallest absolute Gasteiger partial charge is 0.352 e. The van der Waals surface area contributed by atoms with E-state index in [-0.39, 0.29) is 40.2 Å². The molecule has 5 heterocycles. The summed E-state index contributed by atoms with van der Waals surface area (Å²) < 4.78 is 12.2. The van der Waals surface area contributed by atoms with Crippen molar-refractivity contribution < 1.29 is 33.8 Å². The number of nitrogens with two attached hydrogens (primary N) is 1. The first-order chi connectivity index (χ1) is 19.7. The van der Waals surface area contributed by atoms with Crippen LogP contribution in [0.3, 0.4) is 0 Å². The predicted octanol–water partition coefficient (Wildman–Crippen LogP) is 1.91. The van der Waals surface area contributed by atoms with Crippen LogP contribution >= 0.6 is 46.2 Å². The van der Waals surface area contributed by atoms with Crippen molar-refractivity contribution in [2.75, 3.05) is 31.1 Å². The minimum atomic E-state index is -1.25. The quantitative estimate of drug-likeness (QED) is 0.142.